The molecule has 136 valence electrons. The van der Waals surface area contributed by atoms with Gasteiger partial charge in [0, 0.05) is 23.0 Å². The number of nitrogens with one attached hydrogen (secondary N) is 1. The molecule has 26 heavy (non-hydrogen) atoms. The van der Waals surface area contributed by atoms with E-state index in [0.29, 0.717) is 5.56 Å². The van der Waals surface area contributed by atoms with Crippen molar-refractivity contribution in [2.45, 2.75) is 39.2 Å². The van der Waals surface area contributed by atoms with Gasteiger partial charge in [-0.15, -0.1) is 11.3 Å². The predicted molar refractivity (Wildman–Crippen MR) is 109 cm³/mol. The van der Waals surface area contributed by atoms with Gasteiger partial charge in [0.1, 0.15) is 0 Å². The van der Waals surface area contributed by atoms with Crippen LogP contribution < -0.4 is 5.73 Å². The summed E-state index contributed by atoms with van der Waals surface area (Å²) < 4.78 is 0. The van der Waals surface area contributed by atoms with Crippen LogP contribution in [0.25, 0.3) is 22.0 Å². The molecule has 0 aliphatic carbocycles. The molecule has 0 spiro atoms. The normalized spacial score (nSPS) is 16.0. The van der Waals surface area contributed by atoms with Gasteiger partial charge in [-0.3, -0.25) is 9.69 Å². The summed E-state index contributed by atoms with van der Waals surface area (Å²) in [6.45, 7) is 5.48. The molecule has 3 heterocycles. The van der Waals surface area contributed by atoms with Gasteiger partial charge in [0.2, 0.25) is 0 Å². The number of thiophene rings is 1. The van der Waals surface area contributed by atoms with Crippen LogP contribution in [0.3, 0.4) is 0 Å². The number of fused-ring (bicyclic) bond motifs is 1. The number of hydrogen-bond acceptors (Lipinski definition) is 3. The van der Waals surface area contributed by atoms with Crippen molar-refractivity contribution in [1.82, 2.24) is 9.88 Å². The summed E-state index contributed by atoms with van der Waals surface area (Å²) >= 11 is 1.81. The second kappa shape index (κ2) is 7.25. The average molecular weight is 368 g/mol. The Morgan fingerprint density at radius 2 is 1.92 bits per heavy atom. The first-order valence-electron chi connectivity index (χ1n) is 9.33. The second-order valence-electron chi connectivity index (χ2n) is 7.27. The molecule has 4 nitrogen and oxygen atoms in total. The molecule has 5 heteroatoms. The quantitative estimate of drug-likeness (QED) is 0.703. The molecule has 0 bridgehead atoms. The number of primary amides is 1. The Hall–Kier alpha value is -2.11. The van der Waals surface area contributed by atoms with E-state index >= 15 is 0 Å². The van der Waals surface area contributed by atoms with Crippen molar-refractivity contribution in [3.05, 3.63) is 45.8 Å². The van der Waals surface area contributed by atoms with Crippen molar-refractivity contribution in [3.63, 3.8) is 0 Å². The first-order chi connectivity index (χ1) is 12.6. The fourth-order valence-corrected chi connectivity index (χ4v) is 4.79. The lowest BCUT2D eigenvalue weighted by molar-refractivity contribution is 0.100. The lowest BCUT2D eigenvalue weighted by Crippen LogP contribution is -2.23. The number of carbonyl (C=O) groups is 1. The zero-order valence-electron chi connectivity index (χ0n) is 15.2. The van der Waals surface area contributed by atoms with Crippen LogP contribution in [0.4, 0.5) is 0 Å². The van der Waals surface area contributed by atoms with Gasteiger partial charge in [-0.05, 0) is 73.1 Å². The van der Waals surface area contributed by atoms with Crippen molar-refractivity contribution < 1.29 is 4.79 Å². The lowest BCUT2D eigenvalue weighted by Gasteiger charge is -2.18. The fourth-order valence-electron chi connectivity index (χ4n) is 3.86. The summed E-state index contributed by atoms with van der Waals surface area (Å²) in [6, 6.07) is 6.34. The number of benzene rings is 1. The number of aromatic nitrogens is 1. The van der Waals surface area contributed by atoms with Gasteiger partial charge in [0.25, 0.3) is 5.91 Å². The predicted octanol–water partition coefficient (Wildman–Crippen LogP) is 4.68. The highest BCUT2D eigenvalue weighted by molar-refractivity contribution is 7.10. The number of carbonyl (C=O) groups excluding carboxylic acids is 1. The van der Waals surface area contributed by atoms with Gasteiger partial charge in [-0.1, -0.05) is 12.8 Å². The number of aryl methyl sites for hydroxylation is 1. The van der Waals surface area contributed by atoms with Crippen LogP contribution in [-0.4, -0.2) is 28.9 Å². The monoisotopic (exact) mass is 367 g/mol. The molecular weight excluding hydrogens is 342 g/mol. The lowest BCUT2D eigenvalue weighted by atomic mass is 10.0. The zero-order valence-corrected chi connectivity index (χ0v) is 16.0. The van der Waals surface area contributed by atoms with E-state index in [2.05, 4.69) is 27.4 Å². The molecule has 1 amide bonds. The highest BCUT2D eigenvalue weighted by atomic mass is 32.1. The Morgan fingerprint density at radius 3 is 2.65 bits per heavy atom. The third-order valence-electron chi connectivity index (χ3n) is 5.33. The molecule has 1 aromatic carbocycles. The summed E-state index contributed by atoms with van der Waals surface area (Å²) in [6.07, 6.45) is 7.27. The van der Waals surface area contributed by atoms with Crippen molar-refractivity contribution in [2.75, 3.05) is 13.1 Å². The third-order valence-corrected chi connectivity index (χ3v) is 6.25. The number of aromatic amines is 1. The topological polar surface area (TPSA) is 62.1 Å². The minimum atomic E-state index is -0.390. The Labute approximate surface area is 158 Å². The molecule has 1 saturated heterocycles. The van der Waals surface area contributed by atoms with E-state index in [0.717, 1.165) is 28.6 Å². The van der Waals surface area contributed by atoms with Crippen molar-refractivity contribution in [1.29, 1.82) is 0 Å². The fraction of sp³-hybridized carbons (Fsp3) is 0.381. The summed E-state index contributed by atoms with van der Waals surface area (Å²) in [5, 5.41) is 3.26. The number of amides is 1. The van der Waals surface area contributed by atoms with Crippen LogP contribution in [-0.2, 0) is 6.54 Å². The van der Waals surface area contributed by atoms with E-state index in [1.54, 1.807) is 11.3 Å². The minimum absolute atomic E-state index is 0.390. The van der Waals surface area contributed by atoms with E-state index in [9.17, 15) is 4.79 Å². The van der Waals surface area contributed by atoms with E-state index in [1.165, 1.54) is 49.2 Å². The van der Waals surface area contributed by atoms with Gasteiger partial charge in [0.15, 0.2) is 0 Å². The van der Waals surface area contributed by atoms with E-state index in [-0.39, 0.29) is 0 Å². The van der Waals surface area contributed by atoms with Crippen molar-refractivity contribution in [2.24, 2.45) is 5.73 Å². The van der Waals surface area contributed by atoms with Crippen LogP contribution in [0.1, 0.15) is 46.5 Å². The first kappa shape index (κ1) is 17.3. The van der Waals surface area contributed by atoms with Crippen LogP contribution in [0.2, 0.25) is 0 Å². The third kappa shape index (κ3) is 3.41. The molecule has 0 atom stereocenters. The summed E-state index contributed by atoms with van der Waals surface area (Å²) in [5.74, 6) is -0.390. The molecule has 0 unspecified atom stereocenters. The van der Waals surface area contributed by atoms with Crippen LogP contribution >= 0.6 is 11.3 Å². The van der Waals surface area contributed by atoms with Crippen molar-refractivity contribution >= 4 is 28.1 Å². The molecular formula is C21H25N3OS. The Bertz CT molecular complexity index is 932. The van der Waals surface area contributed by atoms with Gasteiger partial charge in [-0.25, -0.2) is 0 Å². The molecule has 1 aliphatic heterocycles. The number of likely N-dealkylation sites (tertiary alicyclic amines) is 1. The minimum Gasteiger partial charge on any atom is -0.366 e. The number of H-pyrrole nitrogens is 1. The van der Waals surface area contributed by atoms with Crippen LogP contribution in [0.15, 0.2) is 29.8 Å². The Kier molecular flexibility index (Phi) is 4.83. The maximum absolute atomic E-state index is 11.9. The van der Waals surface area contributed by atoms with E-state index < -0.39 is 5.91 Å². The average Bonchev–Trinajstić information content (AvgIpc) is 3.14. The second-order valence-corrected chi connectivity index (χ2v) is 8.27. The summed E-state index contributed by atoms with van der Waals surface area (Å²) in [5.41, 5.74) is 10.4. The number of nitrogens with zero attached hydrogens (tertiary/aromatic N) is 1. The number of hydrogen-bond donors (Lipinski definition) is 2. The molecule has 0 radical (unpaired) electrons. The number of rotatable bonds is 4. The molecule has 3 N–H and O–H groups in total. The molecule has 4 rings (SSSR count). The van der Waals surface area contributed by atoms with Gasteiger partial charge in [-0.2, -0.15) is 0 Å². The highest BCUT2D eigenvalue weighted by Crippen LogP contribution is 2.32. The van der Waals surface area contributed by atoms with Crippen LogP contribution in [0.5, 0.6) is 0 Å². The molecule has 2 aromatic heterocycles. The maximum Gasteiger partial charge on any atom is 0.250 e. The highest BCUT2D eigenvalue weighted by Gasteiger charge is 2.15. The summed E-state index contributed by atoms with van der Waals surface area (Å²) in [4.78, 5) is 19.0. The van der Waals surface area contributed by atoms with Gasteiger partial charge < -0.3 is 10.7 Å². The first-order valence-corrected chi connectivity index (χ1v) is 10.2. The van der Waals surface area contributed by atoms with Gasteiger partial charge >= 0.3 is 0 Å². The summed E-state index contributed by atoms with van der Waals surface area (Å²) in [7, 11) is 0. The van der Waals surface area contributed by atoms with Crippen LogP contribution in [0, 0.1) is 6.92 Å². The smallest absolute Gasteiger partial charge is 0.250 e. The Morgan fingerprint density at radius 1 is 1.15 bits per heavy atom. The Balaban J connectivity index is 1.64. The molecule has 1 fully saturated rings. The molecule has 3 aromatic rings. The van der Waals surface area contributed by atoms with E-state index in [1.807, 2.05) is 19.2 Å². The molecule has 0 saturated carbocycles. The maximum atomic E-state index is 11.9. The van der Waals surface area contributed by atoms with E-state index in [4.69, 9.17) is 5.73 Å². The molecule has 1 aliphatic rings. The SMILES string of the molecule is Cc1c[nH]c2c(C(N)=O)cc(-c3csc(CN4CCCCCC4)c3)cc12. The van der Waals surface area contributed by atoms with Gasteiger partial charge in [0.05, 0.1) is 11.1 Å². The zero-order chi connectivity index (χ0) is 18.1. The number of nitrogens with two attached hydrogens (primary N) is 1. The largest absolute Gasteiger partial charge is 0.366 e. The van der Waals surface area contributed by atoms with Crippen molar-refractivity contribution in [3.8, 4) is 11.1 Å². The standard InChI is InChI=1S/C21H25N3OS/c1-14-11-23-20-18(14)9-15(10-19(20)21(22)25)16-8-17(26-13-16)12-24-6-4-2-3-5-7-24/h8-11,13,23H,2-7,12H2,1H3,(H2,22,25).